The van der Waals surface area contributed by atoms with Crippen LogP contribution in [-0.4, -0.2) is 76.9 Å². The van der Waals surface area contributed by atoms with E-state index in [4.69, 9.17) is 19.1 Å². The van der Waals surface area contributed by atoms with Gasteiger partial charge in [0.1, 0.15) is 12.7 Å². The maximum Gasteiger partial charge on any atom is 0.472 e. The van der Waals surface area contributed by atoms with Gasteiger partial charge in [-0.05, 0) is 89.9 Å². The van der Waals surface area contributed by atoms with Crippen molar-refractivity contribution in [1.29, 1.82) is 0 Å². The summed E-state index contributed by atoms with van der Waals surface area (Å²) in [7, 11) is -4.65. The summed E-state index contributed by atoms with van der Waals surface area (Å²) in [5.41, 5.74) is 0. The van der Waals surface area contributed by atoms with Gasteiger partial charge in [0.25, 0.3) is 0 Å². The molecule has 0 amide bonds. The number of allylic oxidation sites excluding steroid dienone is 12. The second-order valence-electron chi connectivity index (χ2n) is 13.8. The van der Waals surface area contributed by atoms with Gasteiger partial charge in [-0.1, -0.05) is 119 Å². The zero-order valence-corrected chi connectivity index (χ0v) is 35.3. The van der Waals surface area contributed by atoms with E-state index in [1.54, 1.807) is 0 Å². The van der Waals surface area contributed by atoms with Crippen LogP contribution in [0.5, 0.6) is 0 Å². The smallest absolute Gasteiger partial charge is 0.462 e. The molecule has 11 nitrogen and oxygen atoms in total. The van der Waals surface area contributed by atoms with E-state index in [2.05, 4.69) is 72.2 Å². The molecular weight excluding hydrogens is 735 g/mol. The molecule has 56 heavy (non-hydrogen) atoms. The van der Waals surface area contributed by atoms with E-state index in [0.717, 1.165) is 83.5 Å². The molecule has 0 aliphatic carbocycles. The number of aliphatic hydroxyl groups is 3. The van der Waals surface area contributed by atoms with E-state index in [0.29, 0.717) is 19.3 Å². The molecule has 4 N–H and O–H groups in total. The first-order chi connectivity index (χ1) is 27.1. The predicted octanol–water partition coefficient (Wildman–Crippen LogP) is 9.86. The Morgan fingerprint density at radius 1 is 0.571 bits per heavy atom. The largest absolute Gasteiger partial charge is 0.472 e. The number of carbonyl (C=O) groups is 2. The number of hydrogen-bond donors (Lipinski definition) is 4. The van der Waals surface area contributed by atoms with Gasteiger partial charge in [-0.25, -0.2) is 4.57 Å². The Balaban J connectivity index is 4.47. The highest BCUT2D eigenvalue weighted by molar-refractivity contribution is 7.47. The van der Waals surface area contributed by atoms with Gasteiger partial charge in [0.2, 0.25) is 0 Å². The van der Waals surface area contributed by atoms with E-state index in [1.807, 2.05) is 19.1 Å². The molecule has 0 aromatic heterocycles. The normalized spacial score (nSPS) is 15.2. The number of carbonyl (C=O) groups excluding carboxylic acids is 2. The quantitative estimate of drug-likeness (QED) is 0.0203. The maximum atomic E-state index is 12.6. The Bertz CT molecular complexity index is 1180. The second kappa shape index (κ2) is 39.2. The van der Waals surface area contributed by atoms with Gasteiger partial charge in [0.05, 0.1) is 25.9 Å². The Labute approximate surface area is 338 Å². The summed E-state index contributed by atoms with van der Waals surface area (Å²) >= 11 is 0. The zero-order chi connectivity index (χ0) is 41.4. The lowest BCUT2D eigenvalue weighted by molar-refractivity contribution is -0.161. The number of phosphoric ester groups is 1. The van der Waals surface area contributed by atoms with Crippen molar-refractivity contribution < 1.29 is 52.9 Å². The van der Waals surface area contributed by atoms with Crippen molar-refractivity contribution in [3.8, 4) is 0 Å². The fraction of sp³-hybridized carbons (Fsp3) is 0.682. The highest BCUT2D eigenvalue weighted by Gasteiger charge is 2.27. The standard InChI is InChI=1S/C44H75O11P/c1-3-5-6-7-8-9-10-11-12-16-19-22-25-28-31-34-43(48)52-38-42(39-54-56(50,51)53-37-41(47)36-45)55-44(49)35-32-29-26-23-20-17-14-13-15-18-21-24-27-30-33-40(46)4-2/h8-9,11-12,14-15,17-18,23-24,26-27,40-42,45-47H,3-7,10,13,16,19-22,25,28-39H2,1-2H3,(H,50,51)/b9-8-,12-11-,17-14-,18-15-,26-23-,27-24-/t40-,41+,42-/m1/s1. The van der Waals surface area contributed by atoms with Gasteiger partial charge in [0.15, 0.2) is 6.10 Å². The SMILES string of the molecule is CCCCC/C=C\C/C=C\CCCCCCCC(=O)OC[C@H](COP(=O)(O)OC[C@@H](O)CO)OC(=O)CCC/C=C\C/C=C\C/C=C\C/C=C\CC[C@H](O)CC. The Morgan fingerprint density at radius 2 is 1.05 bits per heavy atom. The van der Waals surface area contributed by atoms with Crippen LogP contribution >= 0.6 is 7.82 Å². The number of esters is 2. The van der Waals surface area contributed by atoms with Gasteiger partial charge in [-0.15, -0.1) is 0 Å². The van der Waals surface area contributed by atoms with Crippen LogP contribution in [0.3, 0.4) is 0 Å². The maximum absolute atomic E-state index is 12.6. The van der Waals surface area contributed by atoms with Crippen molar-refractivity contribution in [1.82, 2.24) is 0 Å². The summed E-state index contributed by atoms with van der Waals surface area (Å²) in [6, 6.07) is 0. The molecule has 0 spiro atoms. The van der Waals surface area contributed by atoms with Crippen molar-refractivity contribution in [2.24, 2.45) is 0 Å². The molecule has 322 valence electrons. The van der Waals surface area contributed by atoms with Crippen molar-refractivity contribution in [3.63, 3.8) is 0 Å². The summed E-state index contributed by atoms with van der Waals surface area (Å²) in [6.45, 7) is 1.96. The van der Waals surface area contributed by atoms with Crippen molar-refractivity contribution in [2.45, 2.75) is 167 Å². The van der Waals surface area contributed by atoms with Crippen molar-refractivity contribution in [2.75, 3.05) is 26.4 Å². The van der Waals surface area contributed by atoms with E-state index < -0.39 is 51.8 Å². The summed E-state index contributed by atoms with van der Waals surface area (Å²) in [6.07, 6.45) is 41.0. The highest BCUT2D eigenvalue weighted by atomic mass is 31.2. The summed E-state index contributed by atoms with van der Waals surface area (Å²) in [5, 5.41) is 27.9. The van der Waals surface area contributed by atoms with Gasteiger partial charge in [0, 0.05) is 12.8 Å². The molecule has 0 heterocycles. The van der Waals surface area contributed by atoms with Gasteiger partial charge >= 0.3 is 19.8 Å². The Kier molecular flexibility index (Phi) is 37.4. The number of ether oxygens (including phenoxy) is 2. The van der Waals surface area contributed by atoms with Crippen molar-refractivity contribution >= 4 is 19.8 Å². The molecule has 0 rings (SSSR count). The molecule has 0 radical (unpaired) electrons. The Morgan fingerprint density at radius 3 is 1.62 bits per heavy atom. The first-order valence-electron chi connectivity index (χ1n) is 21.0. The number of unbranched alkanes of at least 4 members (excludes halogenated alkanes) is 9. The monoisotopic (exact) mass is 811 g/mol. The number of hydrogen-bond acceptors (Lipinski definition) is 10. The topological polar surface area (TPSA) is 169 Å². The summed E-state index contributed by atoms with van der Waals surface area (Å²) in [4.78, 5) is 34.9. The van der Waals surface area contributed by atoms with Crippen LogP contribution < -0.4 is 0 Å². The second-order valence-corrected chi connectivity index (χ2v) is 15.2. The average Bonchev–Trinajstić information content (AvgIpc) is 3.19. The van der Waals surface area contributed by atoms with Crippen LogP contribution in [0.2, 0.25) is 0 Å². The van der Waals surface area contributed by atoms with Crippen molar-refractivity contribution in [3.05, 3.63) is 72.9 Å². The van der Waals surface area contributed by atoms with E-state index in [9.17, 15) is 29.3 Å². The lowest BCUT2D eigenvalue weighted by Crippen LogP contribution is -2.29. The molecular formula is C44H75O11P. The van der Waals surface area contributed by atoms with E-state index in [1.165, 1.54) is 19.3 Å². The van der Waals surface area contributed by atoms with Crippen LogP contribution in [-0.2, 0) is 32.7 Å². The fourth-order valence-corrected chi connectivity index (χ4v) is 5.84. The van der Waals surface area contributed by atoms with E-state index in [-0.39, 0.29) is 25.6 Å². The van der Waals surface area contributed by atoms with Crippen LogP contribution in [0.15, 0.2) is 72.9 Å². The first kappa shape index (κ1) is 53.4. The van der Waals surface area contributed by atoms with Gasteiger partial charge in [-0.3, -0.25) is 18.6 Å². The molecule has 0 aromatic carbocycles. The molecule has 12 heteroatoms. The number of phosphoric acid groups is 1. The van der Waals surface area contributed by atoms with Crippen LogP contribution in [0, 0.1) is 0 Å². The third-order valence-electron chi connectivity index (χ3n) is 8.50. The molecule has 0 saturated heterocycles. The molecule has 0 saturated carbocycles. The van der Waals surface area contributed by atoms with Gasteiger partial charge < -0.3 is 29.7 Å². The zero-order valence-electron chi connectivity index (χ0n) is 34.4. The highest BCUT2D eigenvalue weighted by Crippen LogP contribution is 2.43. The van der Waals surface area contributed by atoms with Crippen LogP contribution in [0.4, 0.5) is 0 Å². The fourth-order valence-electron chi connectivity index (χ4n) is 5.05. The molecule has 0 aliphatic rings. The number of rotatable bonds is 38. The van der Waals surface area contributed by atoms with E-state index >= 15 is 0 Å². The lowest BCUT2D eigenvalue weighted by Gasteiger charge is -2.20. The minimum Gasteiger partial charge on any atom is -0.462 e. The first-order valence-corrected chi connectivity index (χ1v) is 22.5. The molecule has 0 aromatic rings. The molecule has 4 atom stereocenters. The molecule has 0 bridgehead atoms. The minimum atomic E-state index is -4.65. The molecule has 1 unspecified atom stereocenters. The third-order valence-corrected chi connectivity index (χ3v) is 9.45. The van der Waals surface area contributed by atoms with Gasteiger partial charge in [-0.2, -0.15) is 0 Å². The Hall–Kier alpha value is -2.63. The number of aliphatic hydroxyl groups excluding tert-OH is 3. The average molecular weight is 811 g/mol. The summed E-state index contributed by atoms with van der Waals surface area (Å²) in [5.74, 6) is -1.03. The molecule has 0 fully saturated rings. The minimum absolute atomic E-state index is 0.0883. The van der Waals surface area contributed by atoms with Crippen LogP contribution in [0.25, 0.3) is 0 Å². The summed E-state index contributed by atoms with van der Waals surface area (Å²) < 4.78 is 32.6. The third kappa shape index (κ3) is 38.3. The van der Waals surface area contributed by atoms with Crippen LogP contribution in [0.1, 0.15) is 149 Å². The predicted molar refractivity (Wildman–Crippen MR) is 225 cm³/mol. The lowest BCUT2D eigenvalue weighted by atomic mass is 10.1. The molecule has 0 aliphatic heterocycles.